The van der Waals surface area contributed by atoms with Gasteiger partial charge in [-0.05, 0) is 209 Å². The Labute approximate surface area is 392 Å². The van der Waals surface area contributed by atoms with Crippen LogP contribution in [0.1, 0.15) is 198 Å². The third-order valence-electron chi connectivity index (χ3n) is 16.5. The van der Waals surface area contributed by atoms with Crippen molar-refractivity contribution in [1.82, 2.24) is 4.90 Å². The van der Waals surface area contributed by atoms with Gasteiger partial charge in [0.1, 0.15) is 0 Å². The largest absolute Gasteiger partial charge is 0.303 e. The van der Waals surface area contributed by atoms with Gasteiger partial charge in [0.05, 0.1) is 0 Å². The number of benzene rings is 4. The predicted octanol–water partition coefficient (Wildman–Crippen LogP) is 17.2. The minimum absolute atomic E-state index is 0.456. The Morgan fingerprint density at radius 2 is 1.31 bits per heavy atom. The molecule has 10 rings (SSSR count). The summed E-state index contributed by atoms with van der Waals surface area (Å²) in [5.74, 6) is 1.98. The molecule has 3 unspecified atom stereocenters. The first-order chi connectivity index (χ1) is 31.1. The molecule has 1 spiro atoms. The van der Waals surface area contributed by atoms with Gasteiger partial charge >= 0.3 is 0 Å². The van der Waals surface area contributed by atoms with Gasteiger partial charge in [0, 0.05) is 12.5 Å². The summed E-state index contributed by atoms with van der Waals surface area (Å²) in [6, 6.07) is 32.4. The fraction of sp³-hybridized carbons (Fsp3) is 0.524. The van der Waals surface area contributed by atoms with Gasteiger partial charge in [-0.2, -0.15) is 0 Å². The predicted molar refractivity (Wildman–Crippen MR) is 279 cm³/mol. The van der Waals surface area contributed by atoms with E-state index in [9.17, 15) is 0 Å². The Balaban J connectivity index is 0.000000160. The molecule has 1 nitrogen and oxygen atoms in total. The molecule has 1 heterocycles. The Morgan fingerprint density at radius 3 is 1.97 bits per heavy atom. The molecule has 3 atom stereocenters. The van der Waals surface area contributed by atoms with E-state index in [0.29, 0.717) is 22.7 Å². The highest BCUT2D eigenvalue weighted by Gasteiger charge is 2.43. The normalized spacial score (nSPS) is 22.8. The van der Waals surface area contributed by atoms with Crippen LogP contribution in [0.4, 0.5) is 0 Å². The summed E-state index contributed by atoms with van der Waals surface area (Å²) in [6.45, 7) is 29.3. The van der Waals surface area contributed by atoms with Crippen molar-refractivity contribution in [1.29, 1.82) is 0 Å². The number of likely N-dealkylation sites (tertiary alicyclic amines) is 1. The second-order valence-electron chi connectivity index (χ2n) is 21.1. The fourth-order valence-corrected chi connectivity index (χ4v) is 13.3. The van der Waals surface area contributed by atoms with Crippen molar-refractivity contribution in [3.63, 3.8) is 0 Å². The molecule has 1 aliphatic heterocycles. The summed E-state index contributed by atoms with van der Waals surface area (Å²) in [5.41, 5.74) is 20.4. The van der Waals surface area contributed by atoms with Crippen molar-refractivity contribution in [2.24, 2.45) is 11.3 Å². The molecule has 0 N–H and O–H groups in total. The highest BCUT2D eigenvalue weighted by Crippen LogP contribution is 2.52. The summed E-state index contributed by atoms with van der Waals surface area (Å²) in [5, 5.41) is 0. The summed E-state index contributed by atoms with van der Waals surface area (Å²) in [6.07, 6.45) is 25.3. The molecule has 342 valence electrons. The molecule has 4 aromatic carbocycles. The summed E-state index contributed by atoms with van der Waals surface area (Å²) < 4.78 is 0. The van der Waals surface area contributed by atoms with Crippen molar-refractivity contribution in [2.45, 2.75) is 181 Å². The average molecular weight is 856 g/mol. The van der Waals surface area contributed by atoms with E-state index in [-0.39, 0.29) is 0 Å². The SMILES string of the molecule is C=C1CCCC(=C)C1.C=C1CCc2cc3c(cc21)CCC31CCN(CC2CCC(CCC)(CCC)C2)CC1.CC.Cc1ccc(C2c3ccc(C)cc3CCC2c2ccccc2)cc1. The van der Waals surface area contributed by atoms with Gasteiger partial charge in [-0.3, -0.25) is 0 Å². The first-order valence-corrected chi connectivity index (χ1v) is 26.2. The van der Waals surface area contributed by atoms with Crippen LogP contribution in [0.5, 0.6) is 0 Å². The zero-order valence-electron chi connectivity index (χ0n) is 41.4. The van der Waals surface area contributed by atoms with E-state index in [1.165, 1.54) is 191 Å². The molecule has 2 saturated carbocycles. The first-order valence-electron chi connectivity index (χ1n) is 26.2. The van der Waals surface area contributed by atoms with Crippen LogP contribution in [0.15, 0.2) is 116 Å². The second kappa shape index (κ2) is 22.0. The van der Waals surface area contributed by atoms with E-state index in [2.05, 4.69) is 137 Å². The fourth-order valence-electron chi connectivity index (χ4n) is 13.3. The van der Waals surface area contributed by atoms with Crippen LogP contribution in [-0.2, 0) is 24.7 Å². The van der Waals surface area contributed by atoms with Crippen molar-refractivity contribution in [2.75, 3.05) is 19.6 Å². The minimum atomic E-state index is 0.456. The van der Waals surface area contributed by atoms with Crippen LogP contribution in [0.3, 0.4) is 0 Å². The summed E-state index contributed by atoms with van der Waals surface area (Å²) in [4.78, 5) is 2.84. The number of hydrogen-bond donors (Lipinski definition) is 0. The van der Waals surface area contributed by atoms with E-state index in [1.54, 1.807) is 16.7 Å². The summed E-state index contributed by atoms with van der Waals surface area (Å²) >= 11 is 0. The van der Waals surface area contributed by atoms with Crippen LogP contribution >= 0.6 is 0 Å². The molecular weight excluding hydrogens is 771 g/mol. The van der Waals surface area contributed by atoms with E-state index >= 15 is 0 Å². The molecule has 4 aromatic rings. The molecule has 0 radical (unpaired) electrons. The first kappa shape index (κ1) is 48.0. The third kappa shape index (κ3) is 11.2. The molecule has 0 aromatic heterocycles. The van der Waals surface area contributed by atoms with Crippen LogP contribution < -0.4 is 0 Å². The molecule has 1 saturated heterocycles. The maximum Gasteiger partial charge on any atom is 0.0161 e. The van der Waals surface area contributed by atoms with Gasteiger partial charge in [0.2, 0.25) is 0 Å². The topological polar surface area (TPSA) is 3.24 Å². The average Bonchev–Trinajstić information content (AvgIpc) is 3.99. The third-order valence-corrected chi connectivity index (χ3v) is 16.5. The standard InChI is InChI=1S/C29H43N.C24H24.C8H12.C2H6/c1-4-10-28(11-5-2)12-8-23(20-28)21-30-16-14-29(15-17-30)13-9-25-18-26-22(3)6-7-24(26)19-27(25)29;1-17-8-11-20(12-9-17)24-22(19-6-4-3-5-7-19)15-13-21-16-18(2)10-14-23(21)24;1-7-4-3-5-8(2)6-7;1-2/h18-19,23H,3-17,20-21H2,1-2H3;3-12,14,16,22,24H,13,15H2,1-2H3;1-6H2;1-2H3. The van der Waals surface area contributed by atoms with E-state index in [0.717, 1.165) is 12.3 Å². The molecule has 3 fully saturated rings. The smallest absolute Gasteiger partial charge is 0.0161 e. The Morgan fingerprint density at radius 1 is 0.625 bits per heavy atom. The van der Waals surface area contributed by atoms with Crippen molar-refractivity contribution < 1.29 is 0 Å². The molecule has 64 heavy (non-hydrogen) atoms. The van der Waals surface area contributed by atoms with Crippen LogP contribution in [0, 0.1) is 25.2 Å². The lowest BCUT2D eigenvalue weighted by Crippen LogP contribution is -2.43. The Hall–Kier alpha value is -3.94. The molecule has 0 amide bonds. The monoisotopic (exact) mass is 856 g/mol. The van der Waals surface area contributed by atoms with Gasteiger partial charge in [-0.25, -0.2) is 0 Å². The quantitative estimate of drug-likeness (QED) is 0.160. The zero-order chi connectivity index (χ0) is 45.3. The van der Waals surface area contributed by atoms with Gasteiger partial charge in [-0.15, -0.1) is 0 Å². The molecule has 0 bridgehead atoms. The van der Waals surface area contributed by atoms with E-state index in [4.69, 9.17) is 0 Å². The Kier molecular flexibility index (Phi) is 16.5. The highest BCUT2D eigenvalue weighted by atomic mass is 15.1. The Bertz CT molecular complexity index is 2150. The number of hydrogen-bond acceptors (Lipinski definition) is 1. The van der Waals surface area contributed by atoms with Crippen molar-refractivity contribution in [3.05, 3.63) is 171 Å². The molecule has 5 aliphatic carbocycles. The number of piperidine rings is 1. The number of aryl methyl sites for hydroxylation is 5. The molecule has 1 heteroatoms. The van der Waals surface area contributed by atoms with Gasteiger partial charge < -0.3 is 4.90 Å². The number of fused-ring (bicyclic) bond motifs is 4. The molecule has 6 aliphatic rings. The summed E-state index contributed by atoms with van der Waals surface area (Å²) in [7, 11) is 0. The van der Waals surface area contributed by atoms with Gasteiger partial charge in [0.25, 0.3) is 0 Å². The van der Waals surface area contributed by atoms with E-state index in [1.807, 2.05) is 13.8 Å². The minimum Gasteiger partial charge on any atom is -0.303 e. The maximum atomic E-state index is 4.31. The second-order valence-corrected chi connectivity index (χ2v) is 21.1. The van der Waals surface area contributed by atoms with Gasteiger partial charge in [0.15, 0.2) is 0 Å². The van der Waals surface area contributed by atoms with Crippen LogP contribution in [0.25, 0.3) is 5.57 Å². The molecular formula is C63H85N. The zero-order valence-corrected chi connectivity index (χ0v) is 41.4. The number of nitrogens with zero attached hydrogens (tertiary/aromatic N) is 1. The number of rotatable bonds is 8. The number of allylic oxidation sites excluding steroid dienone is 3. The van der Waals surface area contributed by atoms with Crippen LogP contribution in [0.2, 0.25) is 0 Å². The lowest BCUT2D eigenvalue weighted by Gasteiger charge is -2.41. The lowest BCUT2D eigenvalue weighted by atomic mass is 9.69. The maximum absolute atomic E-state index is 4.31. The van der Waals surface area contributed by atoms with Crippen molar-refractivity contribution in [3.8, 4) is 0 Å². The van der Waals surface area contributed by atoms with Crippen molar-refractivity contribution >= 4 is 5.57 Å². The van der Waals surface area contributed by atoms with Gasteiger partial charge in [-0.1, -0.05) is 167 Å². The lowest BCUT2D eigenvalue weighted by molar-refractivity contribution is 0.133. The van der Waals surface area contributed by atoms with Crippen LogP contribution in [-0.4, -0.2) is 24.5 Å². The highest BCUT2D eigenvalue weighted by molar-refractivity contribution is 5.72. The van der Waals surface area contributed by atoms with E-state index < -0.39 is 0 Å².